The lowest BCUT2D eigenvalue weighted by molar-refractivity contribution is 0.0475. The smallest absolute Gasteiger partial charge is 0.261 e. The number of rotatable bonds is 6. The molecule has 2 aliphatic heterocycles. The van der Waals surface area contributed by atoms with E-state index in [1.54, 1.807) is 30.3 Å². The molecule has 1 N–H and O–H groups in total. The minimum absolute atomic E-state index is 0.134. The third-order valence-electron chi connectivity index (χ3n) is 6.48. The van der Waals surface area contributed by atoms with Crippen molar-refractivity contribution in [3.63, 3.8) is 0 Å². The minimum atomic E-state index is -0.399. The summed E-state index contributed by atoms with van der Waals surface area (Å²) in [6.45, 7) is 0.871. The second-order valence-electron chi connectivity index (χ2n) is 8.93. The molecule has 3 heterocycles. The summed E-state index contributed by atoms with van der Waals surface area (Å²) >= 11 is 0. The molecule has 0 spiro atoms. The summed E-state index contributed by atoms with van der Waals surface area (Å²) < 4.78 is 11.4. The molecular formula is C28H22N4O5. The molecule has 1 atom stereocenters. The molecule has 0 aliphatic carbocycles. The zero-order valence-corrected chi connectivity index (χ0v) is 19.7. The number of nitrogens with zero attached hydrogens (tertiary/aromatic N) is 3. The van der Waals surface area contributed by atoms with Crippen LogP contribution >= 0.6 is 0 Å². The number of carbonyl (C=O) groups is 3. The van der Waals surface area contributed by atoms with Crippen molar-refractivity contribution in [1.82, 2.24) is 15.1 Å². The van der Waals surface area contributed by atoms with Crippen LogP contribution in [0.25, 0.3) is 22.9 Å². The molecule has 37 heavy (non-hydrogen) atoms. The van der Waals surface area contributed by atoms with E-state index in [9.17, 15) is 14.4 Å². The summed E-state index contributed by atoms with van der Waals surface area (Å²) in [4.78, 5) is 39.7. The van der Waals surface area contributed by atoms with Crippen LogP contribution in [0.15, 0.2) is 77.2 Å². The van der Waals surface area contributed by atoms with Crippen molar-refractivity contribution in [2.75, 3.05) is 18.5 Å². The highest BCUT2D eigenvalue weighted by molar-refractivity contribution is 6.22. The number of carbonyl (C=O) groups excluding carboxylic acids is 3. The van der Waals surface area contributed by atoms with Crippen molar-refractivity contribution < 1.29 is 23.5 Å². The van der Waals surface area contributed by atoms with Gasteiger partial charge in [0.1, 0.15) is 0 Å². The molecule has 6 rings (SSSR count). The molecule has 1 aromatic heterocycles. The SMILES string of the molecule is O=C(Nc1ccc(-c2nnc(-c3ccccc3)o2)cc1)c1ccc2c(c1)C(=O)N(CC1CCCO1)C2=O. The van der Waals surface area contributed by atoms with Gasteiger partial charge in [0.2, 0.25) is 11.8 Å². The molecule has 9 heteroatoms. The van der Waals surface area contributed by atoms with Crippen LogP contribution < -0.4 is 5.32 Å². The Labute approximate surface area is 212 Å². The van der Waals surface area contributed by atoms with Crippen LogP contribution in [0, 0.1) is 0 Å². The first-order chi connectivity index (χ1) is 18.1. The maximum atomic E-state index is 12.9. The quantitative estimate of drug-likeness (QED) is 0.394. The molecule has 9 nitrogen and oxygen atoms in total. The zero-order chi connectivity index (χ0) is 25.4. The third-order valence-corrected chi connectivity index (χ3v) is 6.48. The van der Waals surface area contributed by atoms with Gasteiger partial charge in [-0.3, -0.25) is 19.3 Å². The number of benzene rings is 3. The van der Waals surface area contributed by atoms with Gasteiger partial charge in [0.15, 0.2) is 0 Å². The fourth-order valence-corrected chi connectivity index (χ4v) is 4.53. The lowest BCUT2D eigenvalue weighted by atomic mass is 10.1. The normalized spacial score (nSPS) is 16.8. The summed E-state index contributed by atoms with van der Waals surface area (Å²) in [5.41, 5.74) is 2.91. The molecule has 184 valence electrons. The lowest BCUT2D eigenvalue weighted by Crippen LogP contribution is -2.36. The van der Waals surface area contributed by atoms with E-state index in [1.807, 2.05) is 30.3 Å². The van der Waals surface area contributed by atoms with Gasteiger partial charge in [-0.1, -0.05) is 18.2 Å². The Morgan fingerprint density at radius 3 is 2.30 bits per heavy atom. The molecule has 3 amide bonds. The highest BCUT2D eigenvalue weighted by atomic mass is 16.5. The summed E-state index contributed by atoms with van der Waals surface area (Å²) in [6, 6.07) is 21.0. The van der Waals surface area contributed by atoms with E-state index < -0.39 is 11.8 Å². The first kappa shape index (κ1) is 22.8. The minimum Gasteiger partial charge on any atom is -0.416 e. The van der Waals surface area contributed by atoms with Gasteiger partial charge in [-0.15, -0.1) is 10.2 Å². The van der Waals surface area contributed by atoms with Gasteiger partial charge in [0.05, 0.1) is 23.8 Å². The van der Waals surface area contributed by atoms with Crippen LogP contribution in [0.3, 0.4) is 0 Å². The summed E-state index contributed by atoms with van der Waals surface area (Å²) in [5, 5.41) is 11.0. The van der Waals surface area contributed by atoms with Gasteiger partial charge >= 0.3 is 0 Å². The Balaban J connectivity index is 1.14. The molecule has 1 unspecified atom stereocenters. The standard InChI is InChI=1S/C28H22N4O5/c33-24(19-10-13-22-23(15-19)28(35)32(27(22)34)16-21-7-4-14-36-21)29-20-11-8-18(9-12-20)26-31-30-25(37-26)17-5-2-1-3-6-17/h1-3,5-6,8-13,15,21H,4,7,14,16H2,(H,29,33). The van der Waals surface area contributed by atoms with Crippen LogP contribution in [0.1, 0.15) is 43.9 Å². The van der Waals surface area contributed by atoms with Crippen molar-refractivity contribution in [1.29, 1.82) is 0 Å². The maximum absolute atomic E-state index is 12.9. The Morgan fingerprint density at radius 1 is 0.892 bits per heavy atom. The third kappa shape index (κ3) is 4.41. The largest absolute Gasteiger partial charge is 0.416 e. The van der Waals surface area contributed by atoms with Crippen LogP contribution in [-0.4, -0.2) is 52.1 Å². The average Bonchev–Trinajstić information content (AvgIpc) is 3.68. The highest BCUT2D eigenvalue weighted by Gasteiger charge is 2.38. The van der Waals surface area contributed by atoms with Crippen molar-refractivity contribution in [2.24, 2.45) is 0 Å². The van der Waals surface area contributed by atoms with Crippen LogP contribution in [0.5, 0.6) is 0 Å². The molecule has 1 fully saturated rings. The topological polar surface area (TPSA) is 115 Å². The van der Waals surface area contributed by atoms with Crippen LogP contribution in [0.2, 0.25) is 0 Å². The number of imide groups is 1. The summed E-state index contributed by atoms with van der Waals surface area (Å²) in [5.74, 6) is -0.353. The van der Waals surface area contributed by atoms with E-state index in [-0.39, 0.29) is 29.7 Å². The van der Waals surface area contributed by atoms with E-state index in [0.717, 1.165) is 18.4 Å². The van der Waals surface area contributed by atoms with Gasteiger partial charge < -0.3 is 14.5 Å². The predicted octanol–water partition coefficient (Wildman–Crippen LogP) is 4.43. The van der Waals surface area contributed by atoms with E-state index in [0.29, 0.717) is 35.2 Å². The first-order valence-electron chi connectivity index (χ1n) is 12.0. The summed E-state index contributed by atoms with van der Waals surface area (Å²) in [6.07, 6.45) is 1.61. The molecular weight excluding hydrogens is 472 g/mol. The van der Waals surface area contributed by atoms with E-state index in [4.69, 9.17) is 9.15 Å². The molecule has 0 saturated carbocycles. The van der Waals surface area contributed by atoms with Gasteiger partial charge in [0.25, 0.3) is 17.7 Å². The van der Waals surface area contributed by atoms with Crippen LogP contribution in [-0.2, 0) is 4.74 Å². The molecule has 2 aliphatic rings. The highest BCUT2D eigenvalue weighted by Crippen LogP contribution is 2.27. The van der Waals surface area contributed by atoms with Gasteiger partial charge in [-0.2, -0.15) is 0 Å². The first-order valence-corrected chi connectivity index (χ1v) is 12.0. The maximum Gasteiger partial charge on any atom is 0.261 e. The summed E-state index contributed by atoms with van der Waals surface area (Å²) in [7, 11) is 0. The number of nitrogens with one attached hydrogen (secondary N) is 1. The number of fused-ring (bicyclic) bond motifs is 1. The van der Waals surface area contributed by atoms with E-state index >= 15 is 0 Å². The Morgan fingerprint density at radius 2 is 1.59 bits per heavy atom. The number of aromatic nitrogens is 2. The van der Waals surface area contributed by atoms with Crippen LogP contribution in [0.4, 0.5) is 5.69 Å². The van der Waals surface area contributed by atoms with Gasteiger partial charge in [-0.05, 0) is 67.4 Å². The van der Waals surface area contributed by atoms with Gasteiger partial charge in [-0.25, -0.2) is 0 Å². The number of hydrogen-bond acceptors (Lipinski definition) is 7. The Kier molecular flexibility index (Phi) is 5.82. The Bertz CT molecular complexity index is 1490. The zero-order valence-electron chi connectivity index (χ0n) is 19.7. The second kappa shape index (κ2) is 9.44. The fourth-order valence-electron chi connectivity index (χ4n) is 4.53. The van der Waals surface area contributed by atoms with Crippen molar-refractivity contribution in [2.45, 2.75) is 18.9 Å². The van der Waals surface area contributed by atoms with Crippen molar-refractivity contribution >= 4 is 23.4 Å². The average molecular weight is 495 g/mol. The Hall–Kier alpha value is -4.63. The number of hydrogen-bond donors (Lipinski definition) is 1. The number of ether oxygens (including phenoxy) is 1. The van der Waals surface area contributed by atoms with E-state index in [2.05, 4.69) is 15.5 Å². The van der Waals surface area contributed by atoms with Crippen molar-refractivity contribution in [3.8, 4) is 22.9 Å². The molecule has 4 aromatic rings. The monoisotopic (exact) mass is 494 g/mol. The molecule has 0 radical (unpaired) electrons. The second-order valence-corrected chi connectivity index (χ2v) is 8.93. The lowest BCUT2D eigenvalue weighted by Gasteiger charge is -2.17. The molecule has 3 aromatic carbocycles. The van der Waals surface area contributed by atoms with Gasteiger partial charge in [0, 0.05) is 29.0 Å². The fraction of sp³-hybridized carbons (Fsp3) is 0.179. The molecule has 1 saturated heterocycles. The number of amides is 3. The van der Waals surface area contributed by atoms with E-state index in [1.165, 1.54) is 17.0 Å². The number of anilines is 1. The van der Waals surface area contributed by atoms with Crippen molar-refractivity contribution in [3.05, 3.63) is 89.5 Å². The predicted molar refractivity (Wildman–Crippen MR) is 134 cm³/mol. The molecule has 0 bridgehead atoms.